The Bertz CT molecular complexity index is 1080. The van der Waals surface area contributed by atoms with E-state index in [2.05, 4.69) is 15.1 Å². The standard InChI is InChI=1S/C20H22N4O3S2/c1-15-5-7-19(17(14-15)27-2)29(25,26)24-11-9-23(10-12-24)20-8-6-16(21-22-20)18-4-3-13-28-18/h3-8,13-14H,9-12H2,1-2H3. The Labute approximate surface area is 174 Å². The molecule has 3 heterocycles. The van der Waals surface area contributed by atoms with Crippen LogP contribution in [0, 0.1) is 6.92 Å². The molecule has 4 rings (SSSR count). The van der Waals surface area contributed by atoms with Crippen LogP contribution in [-0.4, -0.2) is 56.2 Å². The number of thiophene rings is 1. The highest BCUT2D eigenvalue weighted by Gasteiger charge is 2.31. The Balaban J connectivity index is 1.46. The first-order valence-corrected chi connectivity index (χ1v) is 11.6. The first-order valence-electron chi connectivity index (χ1n) is 9.26. The molecule has 0 aliphatic carbocycles. The number of anilines is 1. The summed E-state index contributed by atoms with van der Waals surface area (Å²) in [5.74, 6) is 1.14. The average molecular weight is 431 g/mol. The molecule has 0 amide bonds. The van der Waals surface area contributed by atoms with Crippen LogP contribution in [-0.2, 0) is 10.0 Å². The highest BCUT2D eigenvalue weighted by Crippen LogP contribution is 2.29. The molecule has 3 aromatic rings. The zero-order valence-electron chi connectivity index (χ0n) is 16.3. The Morgan fingerprint density at radius 1 is 1.03 bits per heavy atom. The van der Waals surface area contributed by atoms with Crippen molar-refractivity contribution in [3.63, 3.8) is 0 Å². The van der Waals surface area contributed by atoms with Crippen LogP contribution in [0.3, 0.4) is 0 Å². The Morgan fingerprint density at radius 2 is 1.83 bits per heavy atom. The van der Waals surface area contributed by atoms with E-state index in [0.29, 0.717) is 31.9 Å². The monoisotopic (exact) mass is 430 g/mol. The lowest BCUT2D eigenvalue weighted by Crippen LogP contribution is -2.49. The summed E-state index contributed by atoms with van der Waals surface area (Å²) in [6, 6.07) is 13.0. The van der Waals surface area contributed by atoms with Crippen LogP contribution in [0.4, 0.5) is 5.82 Å². The molecule has 2 aromatic heterocycles. The number of hydrogen-bond acceptors (Lipinski definition) is 7. The third kappa shape index (κ3) is 3.98. The number of hydrogen-bond donors (Lipinski definition) is 0. The first kappa shape index (κ1) is 19.8. The zero-order chi connectivity index (χ0) is 20.4. The van der Waals surface area contributed by atoms with Crippen molar-refractivity contribution in [2.45, 2.75) is 11.8 Å². The minimum atomic E-state index is -3.62. The number of nitrogens with zero attached hydrogens (tertiary/aromatic N) is 4. The molecular weight excluding hydrogens is 408 g/mol. The van der Waals surface area contributed by atoms with Crippen molar-refractivity contribution in [3.8, 4) is 16.3 Å². The SMILES string of the molecule is COc1cc(C)ccc1S(=O)(=O)N1CCN(c2ccc(-c3cccs3)nn2)CC1. The van der Waals surface area contributed by atoms with E-state index in [9.17, 15) is 8.42 Å². The van der Waals surface area contributed by atoms with Crippen LogP contribution in [0.1, 0.15) is 5.56 Å². The maximum Gasteiger partial charge on any atom is 0.246 e. The quantitative estimate of drug-likeness (QED) is 0.619. The van der Waals surface area contributed by atoms with E-state index in [1.807, 2.05) is 36.6 Å². The van der Waals surface area contributed by atoms with Gasteiger partial charge in [0.15, 0.2) is 5.82 Å². The van der Waals surface area contributed by atoms with Crippen LogP contribution in [0.5, 0.6) is 5.75 Å². The van der Waals surface area contributed by atoms with E-state index in [1.165, 1.54) is 11.4 Å². The molecule has 0 N–H and O–H groups in total. The molecule has 1 fully saturated rings. The third-order valence-electron chi connectivity index (χ3n) is 4.92. The molecule has 0 radical (unpaired) electrons. The second-order valence-corrected chi connectivity index (χ2v) is 9.65. The van der Waals surface area contributed by atoms with Gasteiger partial charge in [0.2, 0.25) is 10.0 Å². The summed E-state index contributed by atoms with van der Waals surface area (Å²) in [4.78, 5) is 3.34. The van der Waals surface area contributed by atoms with Gasteiger partial charge < -0.3 is 9.64 Å². The van der Waals surface area contributed by atoms with Gasteiger partial charge in [-0.05, 0) is 48.2 Å². The van der Waals surface area contributed by atoms with Gasteiger partial charge in [0.1, 0.15) is 16.3 Å². The van der Waals surface area contributed by atoms with Crippen molar-refractivity contribution in [2.24, 2.45) is 0 Å². The molecule has 1 aromatic carbocycles. The summed E-state index contributed by atoms with van der Waals surface area (Å²) in [5, 5.41) is 10.7. The first-order chi connectivity index (χ1) is 14.0. The smallest absolute Gasteiger partial charge is 0.246 e. The summed E-state index contributed by atoms with van der Waals surface area (Å²) in [6.45, 7) is 3.78. The van der Waals surface area contributed by atoms with Gasteiger partial charge in [-0.15, -0.1) is 21.5 Å². The van der Waals surface area contributed by atoms with Crippen LogP contribution < -0.4 is 9.64 Å². The Hall–Kier alpha value is -2.49. The predicted molar refractivity (Wildman–Crippen MR) is 114 cm³/mol. The molecular formula is C20H22N4O3S2. The molecule has 0 spiro atoms. The van der Waals surface area contributed by atoms with E-state index in [1.54, 1.807) is 29.5 Å². The second kappa shape index (κ2) is 8.10. The molecule has 7 nitrogen and oxygen atoms in total. The fourth-order valence-corrected chi connectivity index (χ4v) is 5.58. The lowest BCUT2D eigenvalue weighted by Gasteiger charge is -2.34. The normalized spacial score (nSPS) is 15.4. The largest absolute Gasteiger partial charge is 0.495 e. The van der Waals surface area contributed by atoms with Gasteiger partial charge in [-0.25, -0.2) is 8.42 Å². The topological polar surface area (TPSA) is 75.6 Å². The van der Waals surface area contributed by atoms with Gasteiger partial charge in [0, 0.05) is 26.2 Å². The van der Waals surface area contributed by atoms with Crippen molar-refractivity contribution in [3.05, 3.63) is 53.4 Å². The molecule has 1 saturated heterocycles. The van der Waals surface area contributed by atoms with Crippen molar-refractivity contribution in [1.82, 2.24) is 14.5 Å². The molecule has 1 aliphatic rings. The van der Waals surface area contributed by atoms with Crippen LogP contribution in [0.15, 0.2) is 52.7 Å². The Morgan fingerprint density at radius 3 is 2.45 bits per heavy atom. The molecule has 0 atom stereocenters. The lowest BCUT2D eigenvalue weighted by molar-refractivity contribution is 0.373. The maximum atomic E-state index is 13.1. The number of sulfonamides is 1. The van der Waals surface area contributed by atoms with Gasteiger partial charge in [0.05, 0.1) is 12.0 Å². The summed E-state index contributed by atoms with van der Waals surface area (Å²) in [7, 11) is -2.13. The molecule has 0 unspecified atom stereocenters. The summed E-state index contributed by atoms with van der Waals surface area (Å²) >= 11 is 1.62. The highest BCUT2D eigenvalue weighted by molar-refractivity contribution is 7.89. The van der Waals surface area contributed by atoms with Gasteiger partial charge >= 0.3 is 0 Å². The predicted octanol–water partition coefficient (Wildman–Crippen LogP) is 3.03. The summed E-state index contributed by atoms with van der Waals surface area (Å²) in [5.41, 5.74) is 1.80. The number of rotatable bonds is 5. The third-order valence-corrected chi connectivity index (χ3v) is 7.75. The van der Waals surface area contributed by atoms with Crippen molar-refractivity contribution in [2.75, 3.05) is 38.2 Å². The Kier molecular flexibility index (Phi) is 5.53. The number of ether oxygens (including phenoxy) is 1. The van der Waals surface area contributed by atoms with Gasteiger partial charge in [0.25, 0.3) is 0 Å². The zero-order valence-corrected chi connectivity index (χ0v) is 17.9. The van der Waals surface area contributed by atoms with Gasteiger partial charge in [-0.3, -0.25) is 0 Å². The molecule has 0 saturated carbocycles. The number of benzene rings is 1. The summed E-state index contributed by atoms with van der Waals surface area (Å²) in [6.07, 6.45) is 0. The molecule has 152 valence electrons. The van der Waals surface area contributed by atoms with Crippen molar-refractivity contribution >= 4 is 27.2 Å². The molecule has 9 heteroatoms. The average Bonchev–Trinajstić information content (AvgIpc) is 3.28. The van der Waals surface area contributed by atoms with Crippen molar-refractivity contribution < 1.29 is 13.2 Å². The maximum absolute atomic E-state index is 13.1. The number of aryl methyl sites for hydroxylation is 1. The van der Waals surface area contributed by atoms with Crippen LogP contribution in [0.25, 0.3) is 10.6 Å². The minimum absolute atomic E-state index is 0.208. The molecule has 1 aliphatic heterocycles. The fourth-order valence-electron chi connectivity index (χ4n) is 3.33. The van der Waals surface area contributed by atoms with Gasteiger partial charge in [-0.1, -0.05) is 12.1 Å². The highest BCUT2D eigenvalue weighted by atomic mass is 32.2. The van der Waals surface area contributed by atoms with Gasteiger partial charge in [-0.2, -0.15) is 4.31 Å². The van der Waals surface area contributed by atoms with Crippen LogP contribution in [0.2, 0.25) is 0 Å². The number of methoxy groups -OCH3 is 1. The van der Waals surface area contributed by atoms with Crippen molar-refractivity contribution in [1.29, 1.82) is 0 Å². The van der Waals surface area contributed by atoms with Crippen LogP contribution >= 0.6 is 11.3 Å². The minimum Gasteiger partial charge on any atom is -0.495 e. The van der Waals surface area contributed by atoms with E-state index in [0.717, 1.165) is 22.0 Å². The van der Waals surface area contributed by atoms with E-state index in [-0.39, 0.29) is 4.90 Å². The molecule has 29 heavy (non-hydrogen) atoms. The second-order valence-electron chi connectivity index (χ2n) is 6.80. The number of piperazine rings is 1. The fraction of sp³-hybridized carbons (Fsp3) is 0.300. The number of aromatic nitrogens is 2. The van der Waals surface area contributed by atoms with E-state index >= 15 is 0 Å². The van der Waals surface area contributed by atoms with E-state index in [4.69, 9.17) is 4.74 Å². The lowest BCUT2D eigenvalue weighted by atomic mass is 10.2. The summed E-state index contributed by atoms with van der Waals surface area (Å²) < 4.78 is 33.0. The van der Waals surface area contributed by atoms with E-state index < -0.39 is 10.0 Å². The molecule has 0 bridgehead atoms.